The second-order valence-electron chi connectivity index (χ2n) is 9.37. The van der Waals surface area contributed by atoms with E-state index >= 15 is 0 Å². The number of amidine groups is 1. The third kappa shape index (κ3) is 5.16. The van der Waals surface area contributed by atoms with Gasteiger partial charge in [0.05, 0.1) is 25.8 Å². The molecule has 180 valence electrons. The number of hydrogen-bond acceptors (Lipinski definition) is 6. The number of halogens is 4. The molecular formula is C23H29F4N5O. The lowest BCUT2D eigenvalue weighted by Gasteiger charge is -2.42. The lowest BCUT2D eigenvalue weighted by Crippen LogP contribution is -2.52. The lowest BCUT2D eigenvalue weighted by atomic mass is 9.84. The number of anilines is 1. The van der Waals surface area contributed by atoms with Gasteiger partial charge in [-0.25, -0.2) is 27.5 Å². The number of pyridine rings is 1. The number of aliphatic imine (C=N–C) groups is 1. The van der Waals surface area contributed by atoms with Gasteiger partial charge in [-0.2, -0.15) is 0 Å². The van der Waals surface area contributed by atoms with Gasteiger partial charge in [0.1, 0.15) is 17.8 Å². The first-order valence-corrected chi connectivity index (χ1v) is 11.6. The minimum Gasteiger partial charge on any atom is -0.378 e. The molecule has 4 aliphatic heterocycles. The summed E-state index contributed by atoms with van der Waals surface area (Å²) in [4.78, 5) is 12.9. The van der Waals surface area contributed by atoms with E-state index in [1.54, 1.807) is 4.90 Å². The molecule has 0 radical (unpaired) electrons. The van der Waals surface area contributed by atoms with Crippen LogP contribution in [-0.4, -0.2) is 78.1 Å². The van der Waals surface area contributed by atoms with Crippen LogP contribution in [0.5, 0.6) is 0 Å². The molecule has 1 aromatic rings. The molecule has 33 heavy (non-hydrogen) atoms. The molecule has 0 spiro atoms. The van der Waals surface area contributed by atoms with E-state index in [0.29, 0.717) is 30.0 Å². The van der Waals surface area contributed by atoms with E-state index in [4.69, 9.17) is 4.74 Å². The zero-order chi connectivity index (χ0) is 23.0. The number of dihydropyridines is 1. The average Bonchev–Trinajstić information content (AvgIpc) is 3.13. The van der Waals surface area contributed by atoms with Crippen molar-refractivity contribution >= 4 is 11.7 Å². The van der Waals surface area contributed by atoms with E-state index in [2.05, 4.69) is 20.2 Å². The molecule has 0 aromatic carbocycles. The predicted molar refractivity (Wildman–Crippen MR) is 117 cm³/mol. The van der Waals surface area contributed by atoms with Crippen molar-refractivity contribution in [1.82, 2.24) is 14.8 Å². The minimum atomic E-state index is -2.72. The first-order valence-electron chi connectivity index (χ1n) is 11.6. The van der Waals surface area contributed by atoms with E-state index in [9.17, 15) is 17.6 Å². The fourth-order valence-electron chi connectivity index (χ4n) is 5.06. The van der Waals surface area contributed by atoms with Gasteiger partial charge in [-0.15, -0.1) is 0 Å². The van der Waals surface area contributed by atoms with Gasteiger partial charge in [-0.05, 0) is 50.1 Å². The van der Waals surface area contributed by atoms with E-state index in [1.165, 1.54) is 23.9 Å². The second kappa shape index (κ2) is 9.21. The van der Waals surface area contributed by atoms with Crippen molar-refractivity contribution in [3.63, 3.8) is 0 Å². The van der Waals surface area contributed by atoms with Crippen LogP contribution in [0.1, 0.15) is 37.7 Å². The van der Waals surface area contributed by atoms with Crippen molar-refractivity contribution in [2.24, 2.45) is 10.9 Å². The monoisotopic (exact) mass is 467 g/mol. The molecule has 0 bridgehead atoms. The lowest BCUT2D eigenvalue weighted by molar-refractivity contribution is -0.0726. The first kappa shape index (κ1) is 22.6. The molecule has 1 aromatic heterocycles. The normalized spacial score (nSPS) is 26.8. The zero-order valence-electron chi connectivity index (χ0n) is 18.4. The molecule has 5 heterocycles. The number of alkyl halides is 4. The Balaban J connectivity index is 1.32. The molecular weight excluding hydrogens is 438 g/mol. The van der Waals surface area contributed by atoms with Crippen molar-refractivity contribution in [1.29, 1.82) is 0 Å². The van der Waals surface area contributed by atoms with Crippen molar-refractivity contribution in [2.45, 2.75) is 50.2 Å². The summed E-state index contributed by atoms with van der Waals surface area (Å²) >= 11 is 0. The molecule has 1 unspecified atom stereocenters. The second-order valence-corrected chi connectivity index (χ2v) is 9.37. The average molecular weight is 468 g/mol. The summed E-state index contributed by atoms with van der Waals surface area (Å²) < 4.78 is 59.3. The Bertz CT molecular complexity index is 912. The van der Waals surface area contributed by atoms with Gasteiger partial charge in [-0.3, -0.25) is 4.90 Å². The van der Waals surface area contributed by atoms with Crippen molar-refractivity contribution in [3.8, 4) is 0 Å². The summed E-state index contributed by atoms with van der Waals surface area (Å²) in [7, 11) is 0. The molecule has 5 rings (SSSR count). The summed E-state index contributed by atoms with van der Waals surface area (Å²) in [5.41, 5.74) is 1.07. The zero-order valence-corrected chi connectivity index (χ0v) is 18.4. The fourth-order valence-corrected chi connectivity index (χ4v) is 5.06. The Morgan fingerprint density at radius 3 is 2.58 bits per heavy atom. The quantitative estimate of drug-likeness (QED) is 0.665. The number of rotatable bonds is 5. The molecule has 1 N–H and O–H groups in total. The summed E-state index contributed by atoms with van der Waals surface area (Å²) in [5.74, 6) is -1.51. The highest BCUT2D eigenvalue weighted by Crippen LogP contribution is 2.34. The molecule has 6 nitrogen and oxygen atoms in total. The molecule has 1 atom stereocenters. The molecule has 3 fully saturated rings. The summed E-state index contributed by atoms with van der Waals surface area (Å²) in [6.45, 7) is 3.47. The Kier molecular flexibility index (Phi) is 6.30. The molecule has 4 aliphatic rings. The minimum absolute atomic E-state index is 0.116. The van der Waals surface area contributed by atoms with Crippen LogP contribution in [0.2, 0.25) is 0 Å². The van der Waals surface area contributed by atoms with Gasteiger partial charge in [0.25, 0.3) is 12.3 Å². The summed E-state index contributed by atoms with van der Waals surface area (Å²) in [5, 5.41) is 3.15. The topological polar surface area (TPSA) is 53.0 Å². The molecule has 0 saturated carbocycles. The third-order valence-electron chi connectivity index (χ3n) is 7.07. The third-order valence-corrected chi connectivity index (χ3v) is 7.07. The maximum atomic E-state index is 13.9. The smallest absolute Gasteiger partial charge is 0.266 e. The van der Waals surface area contributed by atoms with Crippen LogP contribution >= 0.6 is 0 Å². The Hall–Kier alpha value is -2.20. The number of nitrogens with zero attached hydrogens (tertiary/aromatic N) is 4. The van der Waals surface area contributed by atoms with Gasteiger partial charge in [0.2, 0.25) is 0 Å². The van der Waals surface area contributed by atoms with E-state index in [0.717, 1.165) is 39.1 Å². The fraction of sp³-hybridized carbons (Fsp3) is 0.652. The van der Waals surface area contributed by atoms with Gasteiger partial charge in [0, 0.05) is 31.1 Å². The SMILES string of the molecule is FC(F)c1ccnc(NC2CC(C3CCN(C4COC4)CC3)=CC(N3CCC(F)(F)C3)=N2)c1. The standard InChI is InChI=1S/C23H29F4N5O/c24-22(25)16-1-5-28-19(9-16)29-20-10-17(11-21(30-20)32-8-4-23(26,27)14-32)15-2-6-31(7-3-15)18-12-33-13-18/h1,5,9,11,15,18,20,22H,2-4,6-8,10,12-14H2,(H,28,29). The Labute approximate surface area is 190 Å². The van der Waals surface area contributed by atoms with Crippen LogP contribution in [0.3, 0.4) is 0 Å². The highest BCUT2D eigenvalue weighted by Gasteiger charge is 2.40. The highest BCUT2D eigenvalue weighted by molar-refractivity contribution is 5.95. The van der Waals surface area contributed by atoms with Crippen molar-refractivity contribution in [2.75, 3.05) is 44.7 Å². The number of aromatic nitrogens is 1. The first-order chi connectivity index (χ1) is 15.9. The van der Waals surface area contributed by atoms with E-state index < -0.39 is 18.5 Å². The molecule has 0 amide bonds. The highest BCUT2D eigenvalue weighted by atomic mass is 19.3. The maximum Gasteiger partial charge on any atom is 0.266 e. The number of nitrogens with one attached hydrogen (secondary N) is 1. The van der Waals surface area contributed by atoms with Gasteiger partial charge in [-0.1, -0.05) is 5.57 Å². The van der Waals surface area contributed by atoms with Gasteiger partial charge in [0.15, 0.2) is 0 Å². The summed E-state index contributed by atoms with van der Waals surface area (Å²) in [6.07, 6.45) is 2.71. The summed E-state index contributed by atoms with van der Waals surface area (Å²) in [6, 6.07) is 3.11. The van der Waals surface area contributed by atoms with Crippen LogP contribution in [0.4, 0.5) is 23.4 Å². The largest absolute Gasteiger partial charge is 0.378 e. The molecule has 3 saturated heterocycles. The van der Waals surface area contributed by atoms with E-state index in [-0.39, 0.29) is 25.1 Å². The van der Waals surface area contributed by atoms with Crippen molar-refractivity contribution < 1.29 is 22.3 Å². The number of piperidine rings is 1. The molecule has 10 heteroatoms. The van der Waals surface area contributed by atoms with Crippen LogP contribution < -0.4 is 5.32 Å². The number of ether oxygens (including phenoxy) is 1. The van der Waals surface area contributed by atoms with Crippen LogP contribution in [0.15, 0.2) is 35.0 Å². The maximum absolute atomic E-state index is 13.9. The van der Waals surface area contributed by atoms with E-state index in [1.807, 2.05) is 6.08 Å². The van der Waals surface area contributed by atoms with Crippen molar-refractivity contribution in [3.05, 3.63) is 35.5 Å². The Morgan fingerprint density at radius 2 is 1.94 bits per heavy atom. The van der Waals surface area contributed by atoms with Crippen LogP contribution in [0, 0.1) is 5.92 Å². The predicted octanol–water partition coefficient (Wildman–Crippen LogP) is 3.94. The van der Waals surface area contributed by atoms with Crippen LogP contribution in [0.25, 0.3) is 0 Å². The van der Waals surface area contributed by atoms with Gasteiger partial charge >= 0.3 is 0 Å². The number of hydrogen-bond donors (Lipinski definition) is 1. The van der Waals surface area contributed by atoms with Gasteiger partial charge < -0.3 is 15.0 Å². The number of likely N-dealkylation sites (tertiary alicyclic amines) is 2. The Morgan fingerprint density at radius 1 is 1.15 bits per heavy atom. The van der Waals surface area contributed by atoms with Crippen LogP contribution in [-0.2, 0) is 4.74 Å². The molecule has 0 aliphatic carbocycles.